The summed E-state index contributed by atoms with van der Waals surface area (Å²) < 4.78 is 170. The van der Waals surface area contributed by atoms with Gasteiger partial charge in [0.1, 0.15) is 0 Å². The molecule has 0 heterocycles. The number of hydrogen-bond acceptors (Lipinski definition) is 0. The lowest BCUT2D eigenvalue weighted by atomic mass is 10.0. The third-order valence-corrected chi connectivity index (χ3v) is 14.2. The fourth-order valence-corrected chi connectivity index (χ4v) is 11.9. The number of rotatable bonds is 8. The van der Waals surface area contributed by atoms with Gasteiger partial charge in [-0.05, 0) is 96.3 Å². The SMILES string of the molecule is CC(C1=C(c2ccccc2P(c2ccccc2)c2ccccc2)C=CC1)P(c1cc(C(F)(F)F)cc(C(F)(F)F)c1)c1cc(C(F)(F)F)cc(C(F)(F)F)c1. The normalized spacial score (nSPS) is 14.7. The maximum atomic E-state index is 14.2. The van der Waals surface area contributed by atoms with E-state index in [4.69, 9.17) is 0 Å². The van der Waals surface area contributed by atoms with Gasteiger partial charge in [-0.15, -0.1) is 0 Å². The maximum Gasteiger partial charge on any atom is 0.416 e. The first kappa shape index (κ1) is 40.3. The molecule has 14 heteroatoms. The number of hydrogen-bond donors (Lipinski definition) is 0. The molecular formula is C41H28F12P2. The van der Waals surface area contributed by atoms with E-state index < -0.39 is 79.1 Å². The van der Waals surface area contributed by atoms with Crippen LogP contribution in [0.3, 0.4) is 0 Å². The lowest BCUT2D eigenvalue weighted by Gasteiger charge is -2.31. The predicted octanol–water partition coefficient (Wildman–Crippen LogP) is 11.8. The second-order valence-electron chi connectivity index (χ2n) is 12.6. The van der Waals surface area contributed by atoms with E-state index >= 15 is 0 Å². The minimum Gasteiger partial charge on any atom is -0.166 e. The molecule has 5 aromatic rings. The molecule has 0 radical (unpaired) electrons. The third-order valence-electron chi connectivity index (χ3n) is 9.02. The Hall–Kier alpha value is -4.40. The van der Waals surface area contributed by atoms with Gasteiger partial charge >= 0.3 is 24.7 Å². The fraction of sp³-hybridized carbons (Fsp3) is 0.171. The Morgan fingerprint density at radius 3 is 1.25 bits per heavy atom. The van der Waals surface area contributed by atoms with Crippen molar-refractivity contribution in [2.24, 2.45) is 0 Å². The highest BCUT2D eigenvalue weighted by Gasteiger charge is 2.41. The summed E-state index contributed by atoms with van der Waals surface area (Å²) in [6.45, 7) is 1.43. The zero-order chi connectivity index (χ0) is 39.9. The highest BCUT2D eigenvalue weighted by atomic mass is 31.1. The molecule has 0 aliphatic heterocycles. The number of benzene rings is 5. The second-order valence-corrected chi connectivity index (χ2v) is 17.4. The summed E-state index contributed by atoms with van der Waals surface area (Å²) in [5.74, 6) is 0. The van der Waals surface area contributed by atoms with E-state index in [1.165, 1.54) is 6.92 Å². The summed E-state index contributed by atoms with van der Waals surface area (Å²) in [7, 11) is -4.06. The average Bonchev–Trinajstić information content (AvgIpc) is 3.61. The lowest BCUT2D eigenvalue weighted by molar-refractivity contribution is -0.144. The Kier molecular flexibility index (Phi) is 11.2. The molecule has 286 valence electrons. The Morgan fingerprint density at radius 1 is 0.473 bits per heavy atom. The van der Waals surface area contributed by atoms with E-state index in [-0.39, 0.29) is 18.6 Å². The average molecular weight is 811 g/mol. The molecule has 6 rings (SSSR count). The summed E-state index contributed by atoms with van der Waals surface area (Å²) in [5.41, 5.74) is -6.47. The molecule has 0 saturated carbocycles. The predicted molar refractivity (Wildman–Crippen MR) is 194 cm³/mol. The molecule has 1 unspecified atom stereocenters. The number of alkyl halides is 12. The molecule has 0 spiro atoms. The first-order valence-electron chi connectivity index (χ1n) is 16.5. The van der Waals surface area contributed by atoms with E-state index in [1.54, 1.807) is 24.3 Å². The smallest absolute Gasteiger partial charge is 0.166 e. The molecule has 0 fully saturated rings. The van der Waals surface area contributed by atoms with Crippen LogP contribution in [0.15, 0.2) is 139 Å². The Labute approximate surface area is 310 Å². The number of halogens is 12. The van der Waals surface area contributed by atoms with Gasteiger partial charge in [0.25, 0.3) is 0 Å². The van der Waals surface area contributed by atoms with Crippen LogP contribution >= 0.6 is 15.8 Å². The van der Waals surface area contributed by atoms with Crippen molar-refractivity contribution in [2.75, 3.05) is 0 Å². The molecule has 5 aromatic carbocycles. The van der Waals surface area contributed by atoms with Gasteiger partial charge in [-0.25, -0.2) is 0 Å². The molecule has 0 saturated heterocycles. The van der Waals surface area contributed by atoms with Crippen molar-refractivity contribution in [3.05, 3.63) is 167 Å². The molecule has 1 atom stereocenters. The Balaban J connectivity index is 1.63. The van der Waals surface area contributed by atoms with E-state index in [9.17, 15) is 52.7 Å². The first-order chi connectivity index (χ1) is 25.7. The van der Waals surface area contributed by atoms with Gasteiger partial charge in [0.15, 0.2) is 0 Å². The Bertz CT molecular complexity index is 2040. The van der Waals surface area contributed by atoms with Gasteiger partial charge in [0.05, 0.1) is 22.3 Å². The third kappa shape index (κ3) is 8.86. The van der Waals surface area contributed by atoms with Crippen molar-refractivity contribution in [1.82, 2.24) is 0 Å². The molecule has 0 N–H and O–H groups in total. The fourth-order valence-electron chi connectivity index (χ4n) is 6.56. The van der Waals surface area contributed by atoms with Crippen molar-refractivity contribution in [2.45, 2.75) is 43.7 Å². The summed E-state index contributed by atoms with van der Waals surface area (Å²) >= 11 is 0. The van der Waals surface area contributed by atoms with Crippen LogP contribution in [-0.2, 0) is 24.7 Å². The molecule has 0 nitrogen and oxygen atoms in total. The zero-order valence-electron chi connectivity index (χ0n) is 28.4. The van der Waals surface area contributed by atoms with Crippen molar-refractivity contribution in [3.8, 4) is 0 Å². The highest BCUT2D eigenvalue weighted by Crippen LogP contribution is 2.51. The minimum atomic E-state index is -5.32. The van der Waals surface area contributed by atoms with Crippen LogP contribution < -0.4 is 26.5 Å². The topological polar surface area (TPSA) is 0 Å². The van der Waals surface area contributed by atoms with E-state index in [0.29, 0.717) is 41.0 Å². The van der Waals surface area contributed by atoms with Gasteiger partial charge in [-0.3, -0.25) is 0 Å². The van der Waals surface area contributed by atoms with Gasteiger partial charge in [-0.1, -0.05) is 110 Å². The van der Waals surface area contributed by atoms with Crippen molar-refractivity contribution in [1.29, 1.82) is 0 Å². The molecule has 1 aliphatic rings. The zero-order valence-corrected chi connectivity index (χ0v) is 30.2. The van der Waals surface area contributed by atoms with Crippen molar-refractivity contribution >= 4 is 47.9 Å². The van der Waals surface area contributed by atoms with Crippen molar-refractivity contribution < 1.29 is 52.7 Å². The molecule has 55 heavy (non-hydrogen) atoms. The van der Waals surface area contributed by atoms with Crippen LogP contribution in [0.25, 0.3) is 5.57 Å². The van der Waals surface area contributed by atoms with Crippen LogP contribution in [0.2, 0.25) is 0 Å². The summed E-state index contributed by atoms with van der Waals surface area (Å²) in [5, 5.41) is 1.40. The first-order valence-corrected chi connectivity index (χ1v) is 19.3. The largest absolute Gasteiger partial charge is 0.416 e. The number of allylic oxidation sites excluding steroid dienone is 4. The van der Waals surface area contributed by atoms with Crippen LogP contribution in [0.5, 0.6) is 0 Å². The highest BCUT2D eigenvalue weighted by molar-refractivity contribution is 7.80. The molecule has 0 bridgehead atoms. The van der Waals surface area contributed by atoms with Crippen LogP contribution in [0.1, 0.15) is 41.2 Å². The minimum absolute atomic E-state index is 0.0917. The van der Waals surface area contributed by atoms with Gasteiger partial charge in [-0.2, -0.15) is 52.7 Å². The second kappa shape index (κ2) is 15.3. The van der Waals surface area contributed by atoms with Gasteiger partial charge < -0.3 is 0 Å². The van der Waals surface area contributed by atoms with E-state index in [0.717, 1.165) is 15.9 Å². The quantitative estimate of drug-likeness (QED) is 0.108. The molecule has 0 aromatic heterocycles. The Morgan fingerprint density at radius 2 is 0.855 bits per heavy atom. The molecule has 0 amide bonds. The van der Waals surface area contributed by atoms with E-state index in [1.807, 2.05) is 72.8 Å². The van der Waals surface area contributed by atoms with E-state index in [2.05, 4.69) is 0 Å². The van der Waals surface area contributed by atoms with Crippen LogP contribution in [0.4, 0.5) is 52.7 Å². The monoisotopic (exact) mass is 810 g/mol. The molecular weight excluding hydrogens is 782 g/mol. The van der Waals surface area contributed by atoms with Crippen molar-refractivity contribution in [3.63, 3.8) is 0 Å². The van der Waals surface area contributed by atoms with Gasteiger partial charge in [0, 0.05) is 5.66 Å². The maximum absolute atomic E-state index is 14.2. The lowest BCUT2D eigenvalue weighted by Crippen LogP contribution is -2.27. The van der Waals surface area contributed by atoms with Crippen LogP contribution in [0, 0.1) is 0 Å². The summed E-state index contributed by atoms with van der Waals surface area (Å²) in [4.78, 5) is 0. The standard InChI is InChI=1S/C41H28F12P2/c1-25(34-16-10-17-35(34)36-15-8-9-18-37(36)55(30-11-4-2-5-12-30)31-13-6-3-7-14-31)54(32-21-26(38(42,43)44)19-27(22-32)39(45,46)47)33-23-28(40(48,49)50)20-29(24-33)41(51,52)53/h2-15,17-25H,16H2,1H3. The molecule has 1 aliphatic carbocycles. The van der Waals surface area contributed by atoms with Crippen LogP contribution in [-0.4, -0.2) is 5.66 Å². The summed E-state index contributed by atoms with van der Waals surface area (Å²) in [6.07, 6.45) is -17.8. The van der Waals surface area contributed by atoms with Gasteiger partial charge in [0.2, 0.25) is 0 Å². The summed E-state index contributed by atoms with van der Waals surface area (Å²) in [6, 6.07) is 27.6.